The van der Waals surface area contributed by atoms with E-state index in [1.807, 2.05) is 62.7 Å². The summed E-state index contributed by atoms with van der Waals surface area (Å²) in [5, 5.41) is 3.08. The van der Waals surface area contributed by atoms with E-state index in [0.29, 0.717) is 0 Å². The van der Waals surface area contributed by atoms with Gasteiger partial charge in [-0.2, -0.15) is 0 Å². The van der Waals surface area contributed by atoms with E-state index in [9.17, 15) is 0 Å². The van der Waals surface area contributed by atoms with Crippen molar-refractivity contribution in [2.75, 3.05) is 19.4 Å². The average molecular weight is 226 g/mol. The van der Waals surface area contributed by atoms with Gasteiger partial charge in [-0.05, 0) is 36.4 Å². The number of nitrogens with one attached hydrogen (secondary N) is 2. The van der Waals surface area contributed by atoms with E-state index in [4.69, 9.17) is 0 Å². The Balaban J connectivity index is 2.17. The van der Waals surface area contributed by atoms with Gasteiger partial charge in [0.2, 0.25) is 0 Å². The second-order valence-corrected chi connectivity index (χ2v) is 3.71. The maximum atomic E-state index is 4.54. The maximum Gasteiger partial charge on any atom is 0.198 e. The third kappa shape index (κ3) is 2.91. The van der Waals surface area contributed by atoms with Crippen LogP contribution in [-0.2, 0) is 0 Å². The molecule has 2 N–H and O–H groups in total. The summed E-state index contributed by atoms with van der Waals surface area (Å²) in [7, 11) is 3.81. The van der Waals surface area contributed by atoms with Crippen LogP contribution in [0.15, 0.2) is 53.6 Å². The van der Waals surface area contributed by atoms with Crippen LogP contribution >= 0.6 is 0 Å². The molecule has 0 bridgehead atoms. The highest BCUT2D eigenvalue weighted by atomic mass is 14.8. The molecule has 0 saturated heterocycles. The minimum atomic E-state index is 0.959. The van der Waals surface area contributed by atoms with Gasteiger partial charge in [0.25, 0.3) is 0 Å². The van der Waals surface area contributed by atoms with E-state index in [-0.39, 0.29) is 0 Å². The van der Waals surface area contributed by atoms with Crippen LogP contribution in [0.2, 0.25) is 0 Å². The van der Waals surface area contributed by atoms with Gasteiger partial charge in [-0.1, -0.05) is 0 Å². The summed E-state index contributed by atoms with van der Waals surface area (Å²) in [6.07, 6.45) is 8.03. The van der Waals surface area contributed by atoms with Crippen molar-refractivity contribution < 1.29 is 4.99 Å². The highest BCUT2D eigenvalue weighted by molar-refractivity contribution is 6.17. The van der Waals surface area contributed by atoms with E-state index in [1.165, 1.54) is 0 Å². The number of nitrogens with zero attached hydrogens (tertiary/aromatic N) is 1. The predicted octanol–water partition coefficient (Wildman–Crippen LogP) is 1.08. The maximum absolute atomic E-state index is 4.54. The second-order valence-electron chi connectivity index (χ2n) is 3.71. The Morgan fingerprint density at radius 2 is 1.65 bits per heavy atom. The molecule has 86 valence electrons. The fourth-order valence-electron chi connectivity index (χ4n) is 1.55. The first-order valence-corrected chi connectivity index (χ1v) is 5.59. The highest BCUT2D eigenvalue weighted by Crippen LogP contribution is 2.16. The molecule has 0 spiro atoms. The molecule has 1 aromatic rings. The van der Waals surface area contributed by atoms with Crippen LogP contribution in [-0.4, -0.2) is 25.5 Å². The SMILES string of the molecule is CNc1ccc(N=C2C=CC(=[NH+]C)C=C2)cc1. The van der Waals surface area contributed by atoms with Crippen LogP contribution in [0, 0.1) is 0 Å². The molecule has 0 amide bonds. The number of rotatable bonds is 2. The van der Waals surface area contributed by atoms with Gasteiger partial charge in [-0.15, -0.1) is 0 Å². The van der Waals surface area contributed by atoms with Gasteiger partial charge < -0.3 is 5.32 Å². The van der Waals surface area contributed by atoms with Crippen molar-refractivity contribution in [1.82, 2.24) is 0 Å². The van der Waals surface area contributed by atoms with Crippen molar-refractivity contribution >= 4 is 22.8 Å². The topological polar surface area (TPSA) is 38.4 Å². The van der Waals surface area contributed by atoms with E-state index < -0.39 is 0 Å². The lowest BCUT2D eigenvalue weighted by molar-refractivity contribution is -0.417. The second kappa shape index (κ2) is 5.25. The number of anilines is 1. The van der Waals surface area contributed by atoms with Crippen molar-refractivity contribution in [3.05, 3.63) is 48.6 Å². The minimum absolute atomic E-state index is 0.959. The van der Waals surface area contributed by atoms with Crippen LogP contribution in [0.25, 0.3) is 0 Å². The summed E-state index contributed by atoms with van der Waals surface area (Å²) in [6.45, 7) is 0. The van der Waals surface area contributed by atoms with Gasteiger partial charge in [0.1, 0.15) is 7.05 Å². The summed E-state index contributed by atoms with van der Waals surface area (Å²) >= 11 is 0. The normalized spacial score (nSPS) is 13.8. The van der Waals surface area contributed by atoms with Crippen LogP contribution in [0.1, 0.15) is 0 Å². The first-order chi connectivity index (χ1) is 8.31. The Kier molecular flexibility index (Phi) is 3.50. The molecular formula is C14H16N3+. The van der Waals surface area contributed by atoms with Gasteiger partial charge in [0.05, 0.1) is 11.4 Å². The number of hydrogen-bond acceptors (Lipinski definition) is 2. The smallest absolute Gasteiger partial charge is 0.198 e. The zero-order valence-corrected chi connectivity index (χ0v) is 10.1. The molecule has 1 aromatic carbocycles. The summed E-state index contributed by atoms with van der Waals surface area (Å²) in [4.78, 5) is 7.62. The third-order valence-electron chi connectivity index (χ3n) is 2.57. The number of allylic oxidation sites excluding steroid dienone is 4. The predicted molar refractivity (Wildman–Crippen MR) is 73.3 cm³/mol. The number of benzene rings is 1. The van der Waals surface area contributed by atoms with Gasteiger partial charge in [0.15, 0.2) is 5.71 Å². The van der Waals surface area contributed by atoms with E-state index in [1.54, 1.807) is 0 Å². The molecule has 1 aliphatic carbocycles. The average Bonchev–Trinajstić information content (AvgIpc) is 2.40. The van der Waals surface area contributed by atoms with Crippen LogP contribution < -0.4 is 10.3 Å². The van der Waals surface area contributed by atoms with E-state index in [2.05, 4.69) is 15.3 Å². The molecule has 0 radical (unpaired) electrons. The van der Waals surface area contributed by atoms with Crippen molar-refractivity contribution in [1.29, 1.82) is 0 Å². The lowest BCUT2D eigenvalue weighted by Gasteiger charge is -2.01. The van der Waals surface area contributed by atoms with Crippen molar-refractivity contribution in [3.8, 4) is 0 Å². The van der Waals surface area contributed by atoms with Gasteiger partial charge in [0, 0.05) is 24.9 Å². The molecule has 0 aromatic heterocycles. The lowest BCUT2D eigenvalue weighted by Crippen LogP contribution is -2.67. The molecule has 17 heavy (non-hydrogen) atoms. The Bertz CT molecular complexity index is 487. The number of hydrogen-bond donors (Lipinski definition) is 2. The molecule has 3 nitrogen and oxygen atoms in total. The van der Waals surface area contributed by atoms with E-state index in [0.717, 1.165) is 22.8 Å². The molecule has 2 rings (SSSR count). The minimum Gasteiger partial charge on any atom is -0.388 e. The largest absolute Gasteiger partial charge is 0.388 e. The molecule has 0 atom stereocenters. The monoisotopic (exact) mass is 226 g/mol. The Morgan fingerprint density at radius 1 is 1.00 bits per heavy atom. The third-order valence-corrected chi connectivity index (χ3v) is 2.57. The molecule has 0 aliphatic heterocycles. The quantitative estimate of drug-likeness (QED) is 0.728. The van der Waals surface area contributed by atoms with Crippen LogP contribution in [0.4, 0.5) is 11.4 Å². The summed E-state index contributed by atoms with van der Waals surface area (Å²) in [5.74, 6) is 0. The first kappa shape index (κ1) is 11.3. The van der Waals surface area contributed by atoms with Gasteiger partial charge in [-0.3, -0.25) is 0 Å². The first-order valence-electron chi connectivity index (χ1n) is 5.59. The fraction of sp³-hybridized carbons (Fsp3) is 0.143. The summed E-state index contributed by atoms with van der Waals surface area (Å²) < 4.78 is 0. The van der Waals surface area contributed by atoms with Crippen LogP contribution in [0.3, 0.4) is 0 Å². The van der Waals surface area contributed by atoms with Crippen molar-refractivity contribution in [2.45, 2.75) is 0 Å². The molecule has 0 unspecified atom stereocenters. The Hall–Kier alpha value is -2.16. The zero-order chi connectivity index (χ0) is 12.1. The summed E-state index contributed by atoms with van der Waals surface area (Å²) in [5.41, 5.74) is 4.10. The molecule has 0 heterocycles. The van der Waals surface area contributed by atoms with Gasteiger partial charge in [-0.25, -0.2) is 9.98 Å². The van der Waals surface area contributed by atoms with Crippen LogP contribution in [0.5, 0.6) is 0 Å². The standard InChI is InChI=1S/C14H15N3/c1-15-11-3-7-13(8-4-11)17-14-9-5-12(16-2)6-10-14/h3-10,15H,1-2H3/p+1. The van der Waals surface area contributed by atoms with Crippen molar-refractivity contribution in [2.24, 2.45) is 4.99 Å². The fourth-order valence-corrected chi connectivity index (χ4v) is 1.55. The van der Waals surface area contributed by atoms with E-state index >= 15 is 0 Å². The molecule has 0 fully saturated rings. The van der Waals surface area contributed by atoms with Gasteiger partial charge >= 0.3 is 0 Å². The number of aliphatic imine (C=N–C) groups is 1. The zero-order valence-electron chi connectivity index (χ0n) is 10.1. The molecular weight excluding hydrogens is 210 g/mol. The Morgan fingerprint density at radius 3 is 2.18 bits per heavy atom. The van der Waals surface area contributed by atoms with Crippen molar-refractivity contribution in [3.63, 3.8) is 0 Å². The molecule has 3 heteroatoms. The highest BCUT2D eigenvalue weighted by Gasteiger charge is 2.01. The molecule has 1 aliphatic rings. The lowest BCUT2D eigenvalue weighted by atomic mass is 10.1. The summed E-state index contributed by atoms with van der Waals surface area (Å²) in [6, 6.07) is 8.03. The Labute approximate surface area is 101 Å². The molecule has 0 saturated carbocycles.